The Morgan fingerprint density at radius 2 is 2.04 bits per heavy atom. The van der Waals surface area contributed by atoms with Crippen LogP contribution in [0.1, 0.15) is 16.8 Å². The molecule has 1 aromatic rings. The molecule has 0 N–H and O–H groups in total. The Labute approximate surface area is 151 Å². The van der Waals surface area contributed by atoms with Crippen LogP contribution in [0.2, 0.25) is 0 Å². The van der Waals surface area contributed by atoms with Gasteiger partial charge >= 0.3 is 0 Å². The molecule has 26 heavy (non-hydrogen) atoms. The summed E-state index contributed by atoms with van der Waals surface area (Å²) in [5.41, 5.74) is -0.167. The van der Waals surface area contributed by atoms with Gasteiger partial charge in [-0.1, -0.05) is 0 Å². The number of nitrogens with zero attached hydrogens (tertiary/aromatic N) is 3. The third-order valence-electron chi connectivity index (χ3n) is 4.98. The average Bonchev–Trinajstić information content (AvgIpc) is 2.84. The average molecular weight is 367 g/mol. The van der Waals surface area contributed by atoms with Crippen LogP contribution in [0.4, 0.5) is 8.78 Å². The molecule has 2 amide bonds. The molecule has 0 saturated carbocycles. The predicted molar refractivity (Wildman–Crippen MR) is 90.7 cm³/mol. The highest BCUT2D eigenvalue weighted by atomic mass is 19.1. The number of piperazine rings is 1. The summed E-state index contributed by atoms with van der Waals surface area (Å²) in [4.78, 5) is 30.9. The van der Waals surface area contributed by atoms with Crippen LogP contribution in [0.15, 0.2) is 18.2 Å². The van der Waals surface area contributed by atoms with Crippen LogP contribution in [0.25, 0.3) is 0 Å². The fourth-order valence-corrected chi connectivity index (χ4v) is 3.55. The molecular weight excluding hydrogens is 344 g/mol. The van der Waals surface area contributed by atoms with Gasteiger partial charge in [0.05, 0.1) is 12.2 Å². The molecule has 142 valence electrons. The molecule has 2 heterocycles. The Morgan fingerprint density at radius 1 is 1.23 bits per heavy atom. The molecule has 3 rings (SSSR count). The summed E-state index contributed by atoms with van der Waals surface area (Å²) in [5.74, 6) is -2.15. The van der Waals surface area contributed by atoms with E-state index in [1.165, 1.54) is 4.90 Å². The third-order valence-corrected chi connectivity index (χ3v) is 4.98. The second-order valence-corrected chi connectivity index (χ2v) is 6.60. The van der Waals surface area contributed by atoms with Gasteiger partial charge < -0.3 is 14.5 Å². The number of methoxy groups -OCH3 is 1. The van der Waals surface area contributed by atoms with Crippen molar-refractivity contribution in [2.24, 2.45) is 0 Å². The minimum absolute atomic E-state index is 0.0346. The van der Waals surface area contributed by atoms with Crippen molar-refractivity contribution in [3.05, 3.63) is 35.4 Å². The number of rotatable bonds is 4. The Bertz CT molecular complexity index is 686. The summed E-state index contributed by atoms with van der Waals surface area (Å²) in [6.07, 6.45) is 0.705. The fourth-order valence-electron chi connectivity index (χ4n) is 3.55. The molecule has 6 nitrogen and oxygen atoms in total. The van der Waals surface area contributed by atoms with Gasteiger partial charge in [0.1, 0.15) is 17.7 Å². The van der Waals surface area contributed by atoms with E-state index >= 15 is 0 Å². The minimum Gasteiger partial charge on any atom is -0.383 e. The zero-order valence-electron chi connectivity index (χ0n) is 14.8. The molecule has 8 heteroatoms. The SMILES string of the molecule is COCCN1CCN2CCCN(C(=O)c3ccc(F)cc3F)CC2C1=O. The van der Waals surface area contributed by atoms with Crippen molar-refractivity contribution in [1.82, 2.24) is 14.7 Å². The molecular formula is C18H23F2N3O3. The van der Waals surface area contributed by atoms with Gasteiger partial charge in [0.15, 0.2) is 0 Å². The largest absolute Gasteiger partial charge is 0.383 e. The maximum atomic E-state index is 14.0. The van der Waals surface area contributed by atoms with Crippen molar-refractivity contribution in [2.45, 2.75) is 12.5 Å². The number of carbonyl (C=O) groups excluding carboxylic acids is 2. The molecule has 0 radical (unpaired) electrons. The zero-order valence-corrected chi connectivity index (χ0v) is 14.8. The smallest absolute Gasteiger partial charge is 0.256 e. The van der Waals surface area contributed by atoms with Gasteiger partial charge in [-0.05, 0) is 18.6 Å². The van der Waals surface area contributed by atoms with Gasteiger partial charge in [-0.2, -0.15) is 0 Å². The zero-order chi connectivity index (χ0) is 18.7. The highest BCUT2D eigenvalue weighted by Crippen LogP contribution is 2.20. The number of hydrogen-bond acceptors (Lipinski definition) is 4. The topological polar surface area (TPSA) is 53.1 Å². The summed E-state index contributed by atoms with van der Waals surface area (Å²) in [7, 11) is 1.59. The lowest BCUT2D eigenvalue weighted by molar-refractivity contribution is -0.142. The van der Waals surface area contributed by atoms with Crippen LogP contribution in [0, 0.1) is 11.6 Å². The van der Waals surface area contributed by atoms with Crippen LogP contribution in [0.5, 0.6) is 0 Å². The van der Waals surface area contributed by atoms with Gasteiger partial charge in [-0.3, -0.25) is 14.5 Å². The van der Waals surface area contributed by atoms with Crippen molar-refractivity contribution in [3.8, 4) is 0 Å². The first-order chi connectivity index (χ1) is 12.5. The van der Waals surface area contributed by atoms with E-state index in [1.807, 2.05) is 0 Å². The van der Waals surface area contributed by atoms with Crippen LogP contribution >= 0.6 is 0 Å². The van der Waals surface area contributed by atoms with Crippen LogP contribution < -0.4 is 0 Å². The lowest BCUT2D eigenvalue weighted by atomic mass is 10.1. The molecule has 1 atom stereocenters. The van der Waals surface area contributed by atoms with E-state index < -0.39 is 23.6 Å². The minimum atomic E-state index is -0.882. The van der Waals surface area contributed by atoms with Gasteiger partial charge in [0, 0.05) is 52.4 Å². The number of fused-ring (bicyclic) bond motifs is 1. The number of halogens is 2. The third kappa shape index (κ3) is 3.86. The summed E-state index contributed by atoms with van der Waals surface area (Å²) < 4.78 is 32.1. The number of benzene rings is 1. The maximum Gasteiger partial charge on any atom is 0.256 e. The Hall–Kier alpha value is -2.06. The highest BCUT2D eigenvalue weighted by Gasteiger charge is 2.38. The van der Waals surface area contributed by atoms with Crippen molar-refractivity contribution in [1.29, 1.82) is 0 Å². The molecule has 2 saturated heterocycles. The molecule has 2 aliphatic rings. The Kier molecular flexibility index (Phi) is 5.83. The highest BCUT2D eigenvalue weighted by molar-refractivity contribution is 5.95. The van der Waals surface area contributed by atoms with Crippen molar-refractivity contribution >= 4 is 11.8 Å². The number of ether oxygens (including phenoxy) is 1. The van der Waals surface area contributed by atoms with E-state index in [1.54, 1.807) is 12.0 Å². The molecule has 0 spiro atoms. The normalized spacial score (nSPS) is 21.5. The molecule has 1 unspecified atom stereocenters. The van der Waals surface area contributed by atoms with Crippen molar-refractivity contribution in [3.63, 3.8) is 0 Å². The maximum absolute atomic E-state index is 14.0. The number of carbonyl (C=O) groups is 2. The molecule has 0 aromatic heterocycles. The van der Waals surface area contributed by atoms with Gasteiger partial charge in [0.2, 0.25) is 5.91 Å². The Morgan fingerprint density at radius 3 is 2.77 bits per heavy atom. The summed E-state index contributed by atoms with van der Waals surface area (Å²) in [6, 6.07) is 2.49. The van der Waals surface area contributed by atoms with Crippen molar-refractivity contribution in [2.75, 3.05) is 53.0 Å². The van der Waals surface area contributed by atoms with E-state index in [9.17, 15) is 18.4 Å². The van der Waals surface area contributed by atoms with Crippen LogP contribution in [-0.4, -0.2) is 85.5 Å². The first-order valence-electron chi connectivity index (χ1n) is 8.77. The number of amides is 2. The molecule has 0 aliphatic carbocycles. The lowest BCUT2D eigenvalue weighted by Gasteiger charge is -2.40. The van der Waals surface area contributed by atoms with Gasteiger partial charge in [0.25, 0.3) is 5.91 Å². The van der Waals surface area contributed by atoms with E-state index in [2.05, 4.69) is 4.90 Å². The summed E-state index contributed by atoms with van der Waals surface area (Å²) in [6.45, 7) is 3.71. The van der Waals surface area contributed by atoms with Crippen LogP contribution in [-0.2, 0) is 9.53 Å². The van der Waals surface area contributed by atoms with Gasteiger partial charge in [-0.25, -0.2) is 8.78 Å². The lowest BCUT2D eigenvalue weighted by Crippen LogP contribution is -2.60. The van der Waals surface area contributed by atoms with Crippen molar-refractivity contribution < 1.29 is 23.1 Å². The first-order valence-corrected chi connectivity index (χ1v) is 8.77. The second kappa shape index (κ2) is 8.09. The molecule has 0 bridgehead atoms. The van der Waals surface area contributed by atoms with E-state index in [-0.39, 0.29) is 18.0 Å². The summed E-state index contributed by atoms with van der Waals surface area (Å²) >= 11 is 0. The second-order valence-electron chi connectivity index (χ2n) is 6.60. The quantitative estimate of drug-likeness (QED) is 0.796. The fraction of sp³-hybridized carbons (Fsp3) is 0.556. The number of hydrogen-bond donors (Lipinski definition) is 0. The first kappa shape index (κ1) is 18.7. The molecule has 1 aromatic carbocycles. The standard InChI is InChI=1S/C18H23F2N3O3/c1-26-10-9-22-8-7-21-5-2-6-23(12-16(21)18(22)25)17(24)14-4-3-13(19)11-15(14)20/h3-4,11,16H,2,5-10,12H2,1H3. The van der Waals surface area contributed by atoms with E-state index in [4.69, 9.17) is 4.74 Å². The monoisotopic (exact) mass is 367 g/mol. The molecule has 2 fully saturated rings. The van der Waals surface area contributed by atoms with Gasteiger partial charge in [-0.15, -0.1) is 0 Å². The van der Waals surface area contributed by atoms with E-state index in [0.29, 0.717) is 45.3 Å². The molecule has 2 aliphatic heterocycles. The van der Waals surface area contributed by atoms with E-state index in [0.717, 1.165) is 18.7 Å². The Balaban J connectivity index is 1.76. The predicted octanol–water partition coefficient (Wildman–Crippen LogP) is 0.970. The van der Waals surface area contributed by atoms with Crippen LogP contribution in [0.3, 0.4) is 0 Å². The summed E-state index contributed by atoms with van der Waals surface area (Å²) in [5, 5.41) is 0.